The quantitative estimate of drug-likeness (QED) is 0.594. The Morgan fingerprint density at radius 1 is 1.29 bits per heavy atom. The first-order valence-corrected chi connectivity index (χ1v) is 5.57. The number of ether oxygens (including phenoxy) is 1. The van der Waals surface area contributed by atoms with Crippen molar-refractivity contribution in [2.75, 3.05) is 19.8 Å². The predicted octanol–water partition coefficient (Wildman–Crippen LogP) is 2.53. The standard InChI is InChI=1S/C12H25NO/c1-10-7-14-9-12(5,6)8-13(10)11(2,3)4/h10H,7-9H2,1-6H3. The fourth-order valence-corrected chi connectivity index (χ4v) is 2.16. The van der Waals surface area contributed by atoms with E-state index in [0.29, 0.717) is 6.04 Å². The Labute approximate surface area is 88.6 Å². The summed E-state index contributed by atoms with van der Waals surface area (Å²) in [6, 6.07) is 0.525. The van der Waals surface area contributed by atoms with E-state index in [4.69, 9.17) is 4.74 Å². The van der Waals surface area contributed by atoms with E-state index in [0.717, 1.165) is 19.8 Å². The number of rotatable bonds is 0. The Kier molecular flexibility index (Phi) is 3.27. The van der Waals surface area contributed by atoms with E-state index in [2.05, 4.69) is 46.4 Å². The van der Waals surface area contributed by atoms with Crippen LogP contribution in [0.15, 0.2) is 0 Å². The molecule has 0 saturated carbocycles. The van der Waals surface area contributed by atoms with Crippen LogP contribution in [0, 0.1) is 5.41 Å². The van der Waals surface area contributed by atoms with E-state index in [1.165, 1.54) is 0 Å². The lowest BCUT2D eigenvalue weighted by Crippen LogP contribution is -2.50. The molecule has 1 aliphatic rings. The second kappa shape index (κ2) is 3.82. The average molecular weight is 199 g/mol. The highest BCUT2D eigenvalue weighted by Crippen LogP contribution is 2.28. The fraction of sp³-hybridized carbons (Fsp3) is 1.00. The van der Waals surface area contributed by atoms with Gasteiger partial charge in [0.25, 0.3) is 0 Å². The van der Waals surface area contributed by atoms with Gasteiger partial charge in [-0.15, -0.1) is 0 Å². The molecule has 84 valence electrons. The molecule has 1 unspecified atom stereocenters. The largest absolute Gasteiger partial charge is 0.379 e. The summed E-state index contributed by atoms with van der Waals surface area (Å²) in [6.45, 7) is 16.5. The molecule has 1 rings (SSSR count). The van der Waals surface area contributed by atoms with E-state index < -0.39 is 0 Å². The Morgan fingerprint density at radius 3 is 2.36 bits per heavy atom. The summed E-state index contributed by atoms with van der Waals surface area (Å²) in [6.07, 6.45) is 0. The molecule has 1 aliphatic heterocycles. The van der Waals surface area contributed by atoms with Crippen LogP contribution < -0.4 is 0 Å². The number of nitrogens with zero attached hydrogens (tertiary/aromatic N) is 1. The molecular weight excluding hydrogens is 174 g/mol. The molecule has 0 amide bonds. The third-order valence-electron chi connectivity index (χ3n) is 2.84. The summed E-state index contributed by atoms with van der Waals surface area (Å²) in [7, 11) is 0. The first-order chi connectivity index (χ1) is 6.22. The molecule has 2 nitrogen and oxygen atoms in total. The highest BCUT2D eigenvalue weighted by molar-refractivity contribution is 4.87. The second-order valence-electron chi connectivity index (χ2n) is 6.33. The zero-order chi connectivity index (χ0) is 11.0. The molecule has 0 radical (unpaired) electrons. The van der Waals surface area contributed by atoms with Crippen LogP contribution in [0.2, 0.25) is 0 Å². The Hall–Kier alpha value is -0.0800. The summed E-state index contributed by atoms with van der Waals surface area (Å²) < 4.78 is 5.71. The zero-order valence-electron chi connectivity index (χ0n) is 10.6. The smallest absolute Gasteiger partial charge is 0.0619 e. The Balaban J connectivity index is 2.79. The van der Waals surface area contributed by atoms with Gasteiger partial charge in [-0.3, -0.25) is 4.90 Å². The van der Waals surface area contributed by atoms with Gasteiger partial charge in [-0.25, -0.2) is 0 Å². The van der Waals surface area contributed by atoms with Crippen LogP contribution in [0.4, 0.5) is 0 Å². The van der Waals surface area contributed by atoms with Gasteiger partial charge in [-0.1, -0.05) is 13.8 Å². The maximum absolute atomic E-state index is 5.71. The SMILES string of the molecule is CC1COCC(C)(C)CN1C(C)(C)C. The summed E-state index contributed by atoms with van der Waals surface area (Å²) in [5.41, 5.74) is 0.516. The lowest BCUT2D eigenvalue weighted by Gasteiger charge is -2.41. The fourth-order valence-electron chi connectivity index (χ4n) is 2.16. The molecule has 0 aromatic heterocycles. The lowest BCUT2D eigenvalue weighted by atomic mass is 9.91. The molecule has 1 saturated heterocycles. The van der Waals surface area contributed by atoms with Crippen LogP contribution in [0.5, 0.6) is 0 Å². The van der Waals surface area contributed by atoms with Crippen molar-refractivity contribution < 1.29 is 4.74 Å². The molecule has 0 spiro atoms. The molecule has 0 bridgehead atoms. The van der Waals surface area contributed by atoms with Crippen molar-refractivity contribution in [2.45, 2.75) is 53.1 Å². The van der Waals surface area contributed by atoms with Gasteiger partial charge in [0.05, 0.1) is 13.2 Å². The zero-order valence-corrected chi connectivity index (χ0v) is 10.6. The molecule has 0 aromatic rings. The van der Waals surface area contributed by atoms with Crippen LogP contribution >= 0.6 is 0 Å². The maximum atomic E-state index is 5.71. The van der Waals surface area contributed by atoms with Gasteiger partial charge in [0.2, 0.25) is 0 Å². The minimum Gasteiger partial charge on any atom is -0.379 e. The van der Waals surface area contributed by atoms with Crippen LogP contribution in [-0.4, -0.2) is 36.2 Å². The van der Waals surface area contributed by atoms with Crippen LogP contribution in [0.1, 0.15) is 41.5 Å². The first kappa shape index (κ1) is 12.0. The van der Waals surface area contributed by atoms with Crippen molar-refractivity contribution in [2.24, 2.45) is 5.41 Å². The third kappa shape index (κ3) is 2.96. The van der Waals surface area contributed by atoms with Gasteiger partial charge < -0.3 is 4.74 Å². The van der Waals surface area contributed by atoms with E-state index in [1.807, 2.05) is 0 Å². The summed E-state index contributed by atoms with van der Waals surface area (Å²) >= 11 is 0. The normalized spacial score (nSPS) is 30.0. The van der Waals surface area contributed by atoms with Crippen molar-refractivity contribution in [3.63, 3.8) is 0 Å². The molecule has 0 aliphatic carbocycles. The lowest BCUT2D eigenvalue weighted by molar-refractivity contribution is 0.0605. The highest BCUT2D eigenvalue weighted by Gasteiger charge is 2.34. The average Bonchev–Trinajstić information content (AvgIpc) is 2.09. The Morgan fingerprint density at radius 2 is 1.86 bits per heavy atom. The summed E-state index contributed by atoms with van der Waals surface area (Å²) in [5, 5.41) is 0. The minimum atomic E-state index is 0.240. The van der Waals surface area contributed by atoms with E-state index >= 15 is 0 Å². The second-order valence-corrected chi connectivity index (χ2v) is 6.33. The maximum Gasteiger partial charge on any atom is 0.0619 e. The molecule has 1 atom stereocenters. The minimum absolute atomic E-state index is 0.240. The van der Waals surface area contributed by atoms with Crippen LogP contribution in [-0.2, 0) is 4.74 Å². The number of hydrogen-bond donors (Lipinski definition) is 0. The molecule has 2 heteroatoms. The van der Waals surface area contributed by atoms with Crippen molar-refractivity contribution in [1.82, 2.24) is 4.90 Å². The summed E-state index contributed by atoms with van der Waals surface area (Å²) in [4.78, 5) is 2.56. The highest BCUT2D eigenvalue weighted by atomic mass is 16.5. The first-order valence-electron chi connectivity index (χ1n) is 5.57. The third-order valence-corrected chi connectivity index (χ3v) is 2.84. The van der Waals surface area contributed by atoms with Crippen LogP contribution in [0.3, 0.4) is 0 Å². The van der Waals surface area contributed by atoms with E-state index in [-0.39, 0.29) is 11.0 Å². The van der Waals surface area contributed by atoms with E-state index in [9.17, 15) is 0 Å². The van der Waals surface area contributed by atoms with Gasteiger partial charge in [0.1, 0.15) is 0 Å². The topological polar surface area (TPSA) is 12.5 Å². The van der Waals surface area contributed by atoms with Crippen molar-refractivity contribution in [1.29, 1.82) is 0 Å². The van der Waals surface area contributed by atoms with Gasteiger partial charge >= 0.3 is 0 Å². The van der Waals surface area contributed by atoms with Crippen molar-refractivity contribution in [3.8, 4) is 0 Å². The molecule has 1 fully saturated rings. The molecule has 0 N–H and O–H groups in total. The van der Waals surface area contributed by atoms with Crippen molar-refractivity contribution in [3.05, 3.63) is 0 Å². The molecule has 0 aromatic carbocycles. The Bertz CT molecular complexity index is 190. The van der Waals surface area contributed by atoms with Gasteiger partial charge in [0, 0.05) is 23.5 Å². The van der Waals surface area contributed by atoms with Gasteiger partial charge in [-0.05, 0) is 27.7 Å². The molecular formula is C12H25NO. The summed E-state index contributed by atoms with van der Waals surface area (Å²) in [5.74, 6) is 0. The van der Waals surface area contributed by atoms with Gasteiger partial charge in [0.15, 0.2) is 0 Å². The molecule has 1 heterocycles. The molecule has 14 heavy (non-hydrogen) atoms. The van der Waals surface area contributed by atoms with Gasteiger partial charge in [-0.2, -0.15) is 0 Å². The van der Waals surface area contributed by atoms with Crippen LogP contribution in [0.25, 0.3) is 0 Å². The van der Waals surface area contributed by atoms with E-state index in [1.54, 1.807) is 0 Å². The predicted molar refractivity (Wildman–Crippen MR) is 60.5 cm³/mol. The number of hydrogen-bond acceptors (Lipinski definition) is 2. The monoisotopic (exact) mass is 199 g/mol. The van der Waals surface area contributed by atoms with Crippen molar-refractivity contribution >= 4 is 0 Å².